The van der Waals surface area contributed by atoms with Crippen LogP contribution in [0.1, 0.15) is 55.2 Å². The molecule has 0 radical (unpaired) electrons. The molecule has 0 unspecified atom stereocenters. The molecule has 6 nitrogen and oxygen atoms in total. The van der Waals surface area contributed by atoms with E-state index in [2.05, 4.69) is 23.2 Å². The molecule has 3 aromatic rings. The van der Waals surface area contributed by atoms with Crippen molar-refractivity contribution in [1.82, 2.24) is 15.2 Å². The number of unbranched alkanes of at least 4 members (excludes halogenated alkanes) is 1. The molecule has 2 aromatic carbocycles. The van der Waals surface area contributed by atoms with E-state index in [9.17, 15) is 4.79 Å². The number of anilines is 1. The van der Waals surface area contributed by atoms with Gasteiger partial charge in [0.05, 0.1) is 5.69 Å². The molecule has 1 aliphatic rings. The van der Waals surface area contributed by atoms with Crippen LogP contribution in [0, 0.1) is 20.8 Å². The average Bonchev–Trinajstić information content (AvgIpc) is 2.89. The van der Waals surface area contributed by atoms with Crippen LogP contribution in [-0.4, -0.2) is 26.8 Å². The Bertz CT molecular complexity index is 1150. The monoisotopic (exact) mass is 448 g/mol. The third-order valence-electron chi connectivity index (χ3n) is 5.46. The lowest BCUT2D eigenvalue weighted by Gasteiger charge is -2.31. The highest BCUT2D eigenvalue weighted by molar-refractivity contribution is 7.99. The van der Waals surface area contributed by atoms with E-state index in [0.717, 1.165) is 52.1 Å². The second kappa shape index (κ2) is 9.28. The van der Waals surface area contributed by atoms with Gasteiger partial charge in [0.2, 0.25) is 23.2 Å². The smallest absolute Gasteiger partial charge is 0.247 e. The zero-order chi connectivity index (χ0) is 22.8. The van der Waals surface area contributed by atoms with Gasteiger partial charge in [0.15, 0.2) is 5.69 Å². The van der Waals surface area contributed by atoms with E-state index in [4.69, 9.17) is 9.72 Å². The molecule has 166 valence electrons. The lowest BCUT2D eigenvalue weighted by atomic mass is 10.00. The van der Waals surface area contributed by atoms with E-state index in [0.29, 0.717) is 16.7 Å². The van der Waals surface area contributed by atoms with Gasteiger partial charge in [-0.15, -0.1) is 10.2 Å². The highest BCUT2D eigenvalue weighted by atomic mass is 32.2. The molecule has 0 bridgehead atoms. The summed E-state index contributed by atoms with van der Waals surface area (Å²) in [5.74, 6) is 1.22. The molecule has 1 amide bonds. The van der Waals surface area contributed by atoms with E-state index >= 15 is 0 Å². The fourth-order valence-electron chi connectivity index (χ4n) is 3.92. The molecule has 1 atom stereocenters. The summed E-state index contributed by atoms with van der Waals surface area (Å²) in [5, 5.41) is 9.47. The van der Waals surface area contributed by atoms with Gasteiger partial charge in [-0.1, -0.05) is 66.6 Å². The maximum absolute atomic E-state index is 13.0. The maximum Gasteiger partial charge on any atom is 0.247 e. The summed E-state index contributed by atoms with van der Waals surface area (Å²) < 4.78 is 6.46. The number of benzene rings is 2. The van der Waals surface area contributed by atoms with Crippen molar-refractivity contribution >= 4 is 23.4 Å². The molecule has 0 fully saturated rings. The Morgan fingerprint density at radius 3 is 2.53 bits per heavy atom. The molecular weight excluding hydrogens is 420 g/mol. The summed E-state index contributed by atoms with van der Waals surface area (Å²) in [4.78, 5) is 19.4. The lowest BCUT2D eigenvalue weighted by molar-refractivity contribution is -0.118. The number of nitrogens with zero attached hydrogens (tertiary/aromatic N) is 4. The number of aromatic nitrogens is 3. The Balaban J connectivity index is 1.92. The van der Waals surface area contributed by atoms with Crippen LogP contribution in [0.15, 0.2) is 41.6 Å². The van der Waals surface area contributed by atoms with Crippen molar-refractivity contribution in [2.45, 2.75) is 58.8 Å². The Labute approximate surface area is 193 Å². The van der Waals surface area contributed by atoms with Crippen LogP contribution in [0.25, 0.3) is 11.3 Å². The zero-order valence-electron chi connectivity index (χ0n) is 19.2. The minimum atomic E-state index is -0.653. The first-order valence-corrected chi connectivity index (χ1v) is 11.9. The van der Waals surface area contributed by atoms with Crippen LogP contribution in [0.4, 0.5) is 5.69 Å². The molecular formula is C25H28N4O2S. The van der Waals surface area contributed by atoms with E-state index < -0.39 is 6.23 Å². The number of fused-ring (bicyclic) bond motifs is 3. The summed E-state index contributed by atoms with van der Waals surface area (Å²) in [7, 11) is 0. The SMILES string of the molecule is CCCCSc1nnc2c(n1)O[C@@H](c1ccc(C)cc1)N(C(C)=O)c1c(C)cc(C)cc1-2. The highest BCUT2D eigenvalue weighted by Crippen LogP contribution is 2.45. The molecule has 7 heteroatoms. The van der Waals surface area contributed by atoms with Gasteiger partial charge in [-0.3, -0.25) is 9.69 Å². The number of ether oxygens (including phenoxy) is 1. The standard InChI is InChI=1S/C25H28N4O2S/c1-6-7-12-32-25-26-23-21(27-28-25)20-14-16(3)13-17(4)22(20)29(18(5)30)24(31-23)19-10-8-15(2)9-11-19/h8-11,13-14,24H,6-7,12H2,1-5H3/t24-/m0/s1. The van der Waals surface area contributed by atoms with Gasteiger partial charge in [-0.05, 0) is 38.8 Å². The predicted octanol–water partition coefficient (Wildman–Crippen LogP) is 5.80. The van der Waals surface area contributed by atoms with Crippen molar-refractivity contribution in [2.75, 3.05) is 10.7 Å². The Hall–Kier alpha value is -2.93. The summed E-state index contributed by atoms with van der Waals surface area (Å²) in [6, 6.07) is 12.1. The van der Waals surface area contributed by atoms with Gasteiger partial charge >= 0.3 is 0 Å². The molecule has 1 aliphatic heterocycles. The third kappa shape index (κ3) is 4.35. The number of hydrogen-bond acceptors (Lipinski definition) is 6. The number of hydrogen-bond donors (Lipinski definition) is 0. The van der Waals surface area contributed by atoms with Crippen molar-refractivity contribution in [1.29, 1.82) is 0 Å². The molecule has 0 N–H and O–H groups in total. The average molecular weight is 449 g/mol. The molecule has 4 rings (SSSR count). The number of rotatable bonds is 5. The van der Waals surface area contributed by atoms with Crippen molar-refractivity contribution in [3.63, 3.8) is 0 Å². The highest BCUT2D eigenvalue weighted by Gasteiger charge is 2.35. The largest absolute Gasteiger partial charge is 0.447 e. The third-order valence-corrected chi connectivity index (χ3v) is 6.39. The van der Waals surface area contributed by atoms with Gasteiger partial charge in [0.25, 0.3) is 0 Å². The van der Waals surface area contributed by atoms with Crippen molar-refractivity contribution < 1.29 is 9.53 Å². The number of carbonyl (C=O) groups is 1. The van der Waals surface area contributed by atoms with Crippen LogP contribution < -0.4 is 9.64 Å². The number of thioether (sulfide) groups is 1. The van der Waals surface area contributed by atoms with E-state index in [1.165, 1.54) is 0 Å². The first-order chi connectivity index (χ1) is 15.4. The lowest BCUT2D eigenvalue weighted by Crippen LogP contribution is -2.36. The summed E-state index contributed by atoms with van der Waals surface area (Å²) in [6.07, 6.45) is 1.54. The maximum atomic E-state index is 13.0. The number of carbonyl (C=O) groups excluding carboxylic acids is 1. The van der Waals surface area contributed by atoms with E-state index in [1.54, 1.807) is 23.6 Å². The fraction of sp³-hybridized carbons (Fsp3) is 0.360. The second-order valence-electron chi connectivity index (χ2n) is 8.20. The van der Waals surface area contributed by atoms with Crippen LogP contribution in [-0.2, 0) is 4.79 Å². The van der Waals surface area contributed by atoms with Crippen LogP contribution in [0.5, 0.6) is 5.88 Å². The van der Waals surface area contributed by atoms with Gasteiger partial charge in [-0.25, -0.2) is 0 Å². The Morgan fingerprint density at radius 2 is 1.84 bits per heavy atom. The first-order valence-electron chi connectivity index (χ1n) is 10.9. The molecule has 32 heavy (non-hydrogen) atoms. The quantitative estimate of drug-likeness (QED) is 0.363. The van der Waals surface area contributed by atoms with Crippen LogP contribution in [0.3, 0.4) is 0 Å². The van der Waals surface area contributed by atoms with Crippen molar-refractivity contribution in [3.05, 3.63) is 58.7 Å². The minimum absolute atomic E-state index is 0.109. The summed E-state index contributed by atoms with van der Waals surface area (Å²) in [6.45, 7) is 9.80. The van der Waals surface area contributed by atoms with Gasteiger partial charge < -0.3 is 4.74 Å². The fourth-order valence-corrected chi connectivity index (χ4v) is 4.79. The number of amides is 1. The minimum Gasteiger partial charge on any atom is -0.447 e. The topological polar surface area (TPSA) is 68.2 Å². The van der Waals surface area contributed by atoms with Gasteiger partial charge in [0.1, 0.15) is 0 Å². The van der Waals surface area contributed by atoms with Crippen molar-refractivity contribution in [3.8, 4) is 17.1 Å². The second-order valence-corrected chi connectivity index (χ2v) is 9.26. The molecule has 0 spiro atoms. The van der Waals surface area contributed by atoms with E-state index in [-0.39, 0.29) is 5.91 Å². The number of aryl methyl sites for hydroxylation is 3. The van der Waals surface area contributed by atoms with Crippen LogP contribution in [0.2, 0.25) is 0 Å². The molecule has 0 saturated carbocycles. The van der Waals surface area contributed by atoms with Gasteiger partial charge in [0, 0.05) is 23.8 Å². The van der Waals surface area contributed by atoms with E-state index in [1.807, 2.05) is 51.1 Å². The molecule has 0 aliphatic carbocycles. The first kappa shape index (κ1) is 22.3. The zero-order valence-corrected chi connectivity index (χ0v) is 20.0. The molecule has 2 heterocycles. The van der Waals surface area contributed by atoms with Gasteiger partial charge in [-0.2, -0.15) is 4.98 Å². The molecule has 1 aromatic heterocycles. The van der Waals surface area contributed by atoms with Crippen LogP contribution >= 0.6 is 11.8 Å². The summed E-state index contributed by atoms with van der Waals surface area (Å²) >= 11 is 1.57. The predicted molar refractivity (Wildman–Crippen MR) is 128 cm³/mol. The van der Waals surface area contributed by atoms with Crippen molar-refractivity contribution in [2.24, 2.45) is 0 Å². The summed E-state index contributed by atoms with van der Waals surface area (Å²) in [5.41, 5.74) is 6.24. The Kier molecular flexibility index (Phi) is 6.46. The Morgan fingerprint density at radius 1 is 1.09 bits per heavy atom. The molecule has 0 saturated heterocycles. The normalized spacial score (nSPS) is 14.9.